The number of hydrogen-bond acceptors (Lipinski definition) is 4. The lowest BCUT2D eigenvalue weighted by molar-refractivity contribution is -0.120. The number of rotatable bonds is 4. The van der Waals surface area contributed by atoms with Gasteiger partial charge in [0.2, 0.25) is 5.91 Å². The van der Waals surface area contributed by atoms with Gasteiger partial charge in [-0.15, -0.1) is 11.3 Å². The molecule has 1 heterocycles. The van der Waals surface area contributed by atoms with Crippen molar-refractivity contribution in [3.63, 3.8) is 0 Å². The molecule has 0 spiro atoms. The van der Waals surface area contributed by atoms with E-state index in [9.17, 15) is 4.79 Å². The topological polar surface area (TPSA) is 51.2 Å². The molecule has 0 radical (unpaired) electrons. The van der Waals surface area contributed by atoms with Crippen LogP contribution in [0.2, 0.25) is 0 Å². The van der Waals surface area contributed by atoms with Gasteiger partial charge in [0, 0.05) is 16.9 Å². The first-order valence-electron chi connectivity index (χ1n) is 7.67. The Kier molecular flexibility index (Phi) is 4.73. The molecular weight excluding hydrogens is 296 g/mol. The molecule has 116 valence electrons. The fourth-order valence-electron chi connectivity index (χ4n) is 2.82. The molecule has 22 heavy (non-hydrogen) atoms. The highest BCUT2D eigenvalue weighted by Crippen LogP contribution is 2.29. The standard InChI is InChI=1S/C17H20N2O2S/c1-21-14-9-5-8-13(10-14)15-11-22-17(18-15)19-16(20)12-6-3-2-4-7-12/h5,8-12H,2-4,6-7H2,1H3,(H,18,19,20). The summed E-state index contributed by atoms with van der Waals surface area (Å²) in [6, 6.07) is 7.78. The summed E-state index contributed by atoms with van der Waals surface area (Å²) in [7, 11) is 1.65. The fraction of sp³-hybridized carbons (Fsp3) is 0.412. The van der Waals surface area contributed by atoms with Crippen molar-refractivity contribution in [3.05, 3.63) is 29.6 Å². The van der Waals surface area contributed by atoms with Crippen molar-refractivity contribution in [2.75, 3.05) is 12.4 Å². The molecule has 0 atom stereocenters. The first kappa shape index (κ1) is 15.0. The Morgan fingerprint density at radius 1 is 1.32 bits per heavy atom. The van der Waals surface area contributed by atoms with Crippen LogP contribution >= 0.6 is 11.3 Å². The van der Waals surface area contributed by atoms with E-state index in [1.54, 1.807) is 7.11 Å². The van der Waals surface area contributed by atoms with Crippen molar-refractivity contribution in [2.45, 2.75) is 32.1 Å². The number of aromatic nitrogens is 1. The number of carbonyl (C=O) groups is 1. The number of thiazole rings is 1. The van der Waals surface area contributed by atoms with E-state index in [1.165, 1.54) is 17.8 Å². The SMILES string of the molecule is COc1cccc(-c2csc(NC(=O)C3CCCCC3)n2)c1. The number of carbonyl (C=O) groups excluding carboxylic acids is 1. The predicted molar refractivity (Wildman–Crippen MR) is 89.3 cm³/mol. The van der Waals surface area contributed by atoms with E-state index in [4.69, 9.17) is 4.74 Å². The summed E-state index contributed by atoms with van der Waals surface area (Å²) >= 11 is 1.47. The number of nitrogens with one attached hydrogen (secondary N) is 1. The molecule has 1 aromatic heterocycles. The van der Waals surface area contributed by atoms with Crippen LogP contribution in [0.4, 0.5) is 5.13 Å². The number of amides is 1. The number of methoxy groups -OCH3 is 1. The first-order chi connectivity index (χ1) is 10.8. The van der Waals surface area contributed by atoms with Gasteiger partial charge in [0.15, 0.2) is 5.13 Å². The lowest BCUT2D eigenvalue weighted by Crippen LogP contribution is -2.24. The smallest absolute Gasteiger partial charge is 0.229 e. The maximum Gasteiger partial charge on any atom is 0.229 e. The largest absolute Gasteiger partial charge is 0.497 e. The van der Waals surface area contributed by atoms with Crippen molar-refractivity contribution >= 4 is 22.4 Å². The lowest BCUT2D eigenvalue weighted by Gasteiger charge is -2.19. The molecule has 1 saturated carbocycles. The fourth-order valence-corrected chi connectivity index (χ4v) is 3.54. The van der Waals surface area contributed by atoms with Gasteiger partial charge in [0.1, 0.15) is 5.75 Å². The van der Waals surface area contributed by atoms with E-state index >= 15 is 0 Å². The molecule has 3 rings (SSSR count). The normalized spacial score (nSPS) is 15.5. The first-order valence-corrected chi connectivity index (χ1v) is 8.55. The molecule has 0 saturated heterocycles. The monoisotopic (exact) mass is 316 g/mol. The predicted octanol–water partition coefficient (Wildman–Crippen LogP) is 4.34. The quantitative estimate of drug-likeness (QED) is 0.913. The second-order valence-corrected chi connectivity index (χ2v) is 6.45. The molecular formula is C17H20N2O2S. The van der Waals surface area contributed by atoms with Crippen molar-refractivity contribution < 1.29 is 9.53 Å². The van der Waals surface area contributed by atoms with E-state index in [1.807, 2.05) is 29.6 Å². The molecule has 1 aromatic carbocycles. The van der Waals surface area contributed by atoms with Gasteiger partial charge in [-0.3, -0.25) is 4.79 Å². The molecule has 1 N–H and O–H groups in total. The summed E-state index contributed by atoms with van der Waals surface area (Å²) in [5.41, 5.74) is 1.86. The highest BCUT2D eigenvalue weighted by molar-refractivity contribution is 7.14. The summed E-state index contributed by atoms with van der Waals surface area (Å²) < 4.78 is 5.23. The van der Waals surface area contributed by atoms with Gasteiger partial charge < -0.3 is 10.1 Å². The molecule has 1 aliphatic rings. The molecule has 1 fully saturated rings. The average Bonchev–Trinajstić information content (AvgIpc) is 3.04. The molecule has 0 unspecified atom stereocenters. The van der Waals surface area contributed by atoms with Gasteiger partial charge in [-0.2, -0.15) is 0 Å². The lowest BCUT2D eigenvalue weighted by atomic mass is 9.89. The van der Waals surface area contributed by atoms with Gasteiger partial charge in [-0.1, -0.05) is 31.4 Å². The van der Waals surface area contributed by atoms with Crippen molar-refractivity contribution in [3.8, 4) is 17.0 Å². The van der Waals surface area contributed by atoms with Gasteiger partial charge in [0.05, 0.1) is 12.8 Å². The van der Waals surface area contributed by atoms with Crippen LogP contribution in [0, 0.1) is 5.92 Å². The maximum atomic E-state index is 12.2. The van der Waals surface area contributed by atoms with E-state index in [0.717, 1.165) is 42.7 Å². The van der Waals surface area contributed by atoms with Gasteiger partial charge in [0.25, 0.3) is 0 Å². The Morgan fingerprint density at radius 3 is 2.91 bits per heavy atom. The molecule has 4 nitrogen and oxygen atoms in total. The molecule has 5 heteroatoms. The molecule has 0 bridgehead atoms. The minimum absolute atomic E-state index is 0.117. The van der Waals surface area contributed by atoms with Crippen LogP contribution < -0.4 is 10.1 Å². The van der Waals surface area contributed by atoms with Crippen molar-refractivity contribution in [1.82, 2.24) is 4.98 Å². The Hall–Kier alpha value is -1.88. The van der Waals surface area contributed by atoms with Crippen LogP contribution in [-0.4, -0.2) is 18.0 Å². The minimum atomic E-state index is 0.117. The minimum Gasteiger partial charge on any atom is -0.497 e. The summed E-state index contributed by atoms with van der Waals surface area (Å²) in [5.74, 6) is 1.07. The van der Waals surface area contributed by atoms with Crippen LogP contribution in [0.15, 0.2) is 29.6 Å². The van der Waals surface area contributed by atoms with E-state index in [0.29, 0.717) is 5.13 Å². The average molecular weight is 316 g/mol. The van der Waals surface area contributed by atoms with E-state index in [-0.39, 0.29) is 11.8 Å². The van der Waals surface area contributed by atoms with Crippen LogP contribution in [-0.2, 0) is 4.79 Å². The van der Waals surface area contributed by atoms with Gasteiger partial charge in [-0.05, 0) is 25.0 Å². The number of hydrogen-bond donors (Lipinski definition) is 1. The summed E-state index contributed by atoms with van der Waals surface area (Å²) in [5, 5.41) is 5.61. The summed E-state index contributed by atoms with van der Waals surface area (Å²) in [4.78, 5) is 16.8. The number of benzene rings is 1. The Labute approximate surface area is 134 Å². The summed E-state index contributed by atoms with van der Waals surface area (Å²) in [6.45, 7) is 0. The van der Waals surface area contributed by atoms with Crippen LogP contribution in [0.3, 0.4) is 0 Å². The zero-order valence-corrected chi connectivity index (χ0v) is 13.5. The molecule has 0 aliphatic heterocycles. The zero-order valence-electron chi connectivity index (χ0n) is 12.7. The van der Waals surface area contributed by atoms with Crippen molar-refractivity contribution in [2.24, 2.45) is 5.92 Å². The Balaban J connectivity index is 1.69. The van der Waals surface area contributed by atoms with Gasteiger partial charge in [-0.25, -0.2) is 4.98 Å². The highest BCUT2D eigenvalue weighted by atomic mass is 32.1. The summed E-state index contributed by atoms with van der Waals surface area (Å²) in [6.07, 6.45) is 5.57. The zero-order chi connectivity index (χ0) is 15.4. The third kappa shape index (κ3) is 3.47. The van der Waals surface area contributed by atoms with Crippen LogP contribution in [0.25, 0.3) is 11.3 Å². The Bertz CT molecular complexity index is 648. The van der Waals surface area contributed by atoms with E-state index in [2.05, 4.69) is 10.3 Å². The number of ether oxygens (including phenoxy) is 1. The van der Waals surface area contributed by atoms with Crippen LogP contribution in [0.1, 0.15) is 32.1 Å². The third-order valence-electron chi connectivity index (χ3n) is 4.08. The number of nitrogens with zero attached hydrogens (tertiary/aromatic N) is 1. The van der Waals surface area contributed by atoms with Gasteiger partial charge >= 0.3 is 0 Å². The molecule has 1 amide bonds. The molecule has 2 aromatic rings. The second kappa shape index (κ2) is 6.92. The third-order valence-corrected chi connectivity index (χ3v) is 4.83. The van der Waals surface area contributed by atoms with Crippen molar-refractivity contribution in [1.29, 1.82) is 0 Å². The maximum absolute atomic E-state index is 12.2. The Morgan fingerprint density at radius 2 is 2.14 bits per heavy atom. The highest BCUT2D eigenvalue weighted by Gasteiger charge is 2.21. The van der Waals surface area contributed by atoms with E-state index < -0.39 is 0 Å². The second-order valence-electron chi connectivity index (χ2n) is 5.59. The number of anilines is 1. The van der Waals surface area contributed by atoms with Crippen LogP contribution in [0.5, 0.6) is 5.75 Å². The molecule has 1 aliphatic carbocycles.